The molecule has 4 nitrogen and oxygen atoms in total. The normalized spacial score (nSPS) is 14.1. The summed E-state index contributed by atoms with van der Waals surface area (Å²) in [5.74, 6) is 0. The lowest BCUT2D eigenvalue weighted by Gasteiger charge is -2.38. The van der Waals surface area contributed by atoms with E-state index in [9.17, 15) is 0 Å². The van der Waals surface area contributed by atoms with Crippen molar-refractivity contribution in [3.8, 4) is 0 Å². The monoisotopic (exact) mass is 334 g/mol. The number of nitrogens with zero attached hydrogens (tertiary/aromatic N) is 2. The van der Waals surface area contributed by atoms with E-state index < -0.39 is 25.2 Å². The molecule has 0 aliphatic carbocycles. The number of aliphatic imine (C=N–C) groups is 1. The molecule has 0 unspecified atom stereocenters. The second kappa shape index (κ2) is 7.88. The Bertz CT molecular complexity index is 294. The smallest absolute Gasteiger partial charge is 0.314 e. The highest BCUT2D eigenvalue weighted by atomic mass is 28.5. The van der Waals surface area contributed by atoms with Gasteiger partial charge in [-0.3, -0.25) is 4.99 Å². The van der Waals surface area contributed by atoms with Crippen molar-refractivity contribution >= 4 is 31.5 Å². The average molecular weight is 335 g/mol. The molecule has 0 amide bonds. The van der Waals surface area contributed by atoms with Gasteiger partial charge in [0.25, 0.3) is 0 Å². The van der Waals surface area contributed by atoms with E-state index in [1.165, 1.54) is 0 Å². The quantitative estimate of drug-likeness (QED) is 0.279. The second-order valence-corrected chi connectivity index (χ2v) is 20.5. The topological polar surface area (TPSA) is 34.1 Å². The van der Waals surface area contributed by atoms with Crippen LogP contribution in [0.3, 0.4) is 0 Å². The summed E-state index contributed by atoms with van der Waals surface area (Å²) in [7, 11) is -1.21. The molecule has 0 aliphatic heterocycles. The summed E-state index contributed by atoms with van der Waals surface area (Å²) in [4.78, 5) is 6.37. The summed E-state index contributed by atoms with van der Waals surface area (Å²) in [6, 6.07) is 1.03. The highest BCUT2D eigenvalue weighted by Gasteiger charge is 2.39. The Morgan fingerprint density at radius 1 is 0.900 bits per heavy atom. The van der Waals surface area contributed by atoms with Crippen LogP contribution in [0.2, 0.25) is 51.9 Å². The van der Waals surface area contributed by atoms with Gasteiger partial charge >= 0.3 is 8.56 Å². The SMILES string of the molecule is CN(C)/C=N/CCC[Si](C)(O[Si](C)(C)C)O[Si](C)(C)C. The number of hydrogen-bond acceptors (Lipinski definition) is 3. The molecule has 7 heteroatoms. The zero-order valence-electron chi connectivity index (χ0n) is 14.9. The van der Waals surface area contributed by atoms with Crippen LogP contribution in [0, 0.1) is 0 Å². The lowest BCUT2D eigenvalue weighted by atomic mass is 10.5. The van der Waals surface area contributed by atoms with E-state index in [4.69, 9.17) is 8.23 Å². The third-order valence-corrected chi connectivity index (χ3v) is 11.9. The van der Waals surface area contributed by atoms with Gasteiger partial charge < -0.3 is 13.1 Å². The Kier molecular flexibility index (Phi) is 7.90. The van der Waals surface area contributed by atoms with Gasteiger partial charge in [-0.15, -0.1) is 0 Å². The van der Waals surface area contributed by atoms with Crippen LogP contribution in [-0.2, 0) is 8.23 Å². The predicted octanol–water partition coefficient (Wildman–Crippen LogP) is 3.74. The first-order valence-corrected chi connectivity index (χ1v) is 16.7. The molecule has 120 valence electrons. The zero-order chi connectivity index (χ0) is 16.0. The molecule has 0 aromatic rings. The van der Waals surface area contributed by atoms with E-state index in [2.05, 4.69) is 50.8 Å². The van der Waals surface area contributed by atoms with Crippen LogP contribution in [0.4, 0.5) is 0 Å². The van der Waals surface area contributed by atoms with Crippen molar-refractivity contribution in [2.24, 2.45) is 4.99 Å². The molecule has 0 N–H and O–H groups in total. The van der Waals surface area contributed by atoms with Gasteiger partial charge in [-0.05, 0) is 58.3 Å². The summed E-state index contributed by atoms with van der Waals surface area (Å²) in [5, 5.41) is 0. The molecule has 0 aromatic heterocycles. The third-order valence-electron chi connectivity index (χ3n) is 2.27. The molecule has 0 heterocycles. The van der Waals surface area contributed by atoms with Crippen molar-refractivity contribution in [3.63, 3.8) is 0 Å². The van der Waals surface area contributed by atoms with Crippen molar-refractivity contribution in [3.05, 3.63) is 0 Å². The van der Waals surface area contributed by atoms with Gasteiger partial charge in [-0.25, -0.2) is 0 Å². The summed E-state index contributed by atoms with van der Waals surface area (Å²) < 4.78 is 12.9. The Balaban J connectivity index is 4.54. The largest absolute Gasteiger partial charge is 0.437 e. The van der Waals surface area contributed by atoms with Crippen LogP contribution >= 0.6 is 0 Å². The van der Waals surface area contributed by atoms with Gasteiger partial charge in [0.15, 0.2) is 16.6 Å². The Hall–Kier alpha value is 0.0406. The molecule has 0 spiro atoms. The van der Waals surface area contributed by atoms with Crippen molar-refractivity contribution in [1.82, 2.24) is 4.90 Å². The predicted molar refractivity (Wildman–Crippen MR) is 97.0 cm³/mol. The lowest BCUT2D eigenvalue weighted by molar-refractivity contribution is 0.382. The summed E-state index contributed by atoms with van der Waals surface area (Å²) in [5.41, 5.74) is 0. The summed E-state index contributed by atoms with van der Waals surface area (Å²) >= 11 is 0. The van der Waals surface area contributed by atoms with Crippen molar-refractivity contribution in [2.45, 2.75) is 58.3 Å². The fourth-order valence-corrected chi connectivity index (χ4v) is 14.7. The van der Waals surface area contributed by atoms with Crippen LogP contribution in [0.5, 0.6) is 0 Å². The van der Waals surface area contributed by atoms with E-state index in [-0.39, 0.29) is 0 Å². The van der Waals surface area contributed by atoms with Crippen molar-refractivity contribution in [2.75, 3.05) is 20.6 Å². The standard InChI is InChI=1S/C13H34N2O2Si3/c1-15(2)13-14-11-10-12-20(9,16-18(3,4)5)17-19(6,7)8/h13H,10-12H2,1-9H3/b14-13+. The van der Waals surface area contributed by atoms with Crippen molar-refractivity contribution < 1.29 is 8.23 Å². The van der Waals surface area contributed by atoms with Gasteiger partial charge in [0.05, 0.1) is 6.34 Å². The minimum atomic E-state index is -2.06. The Labute approximate surface area is 129 Å². The molecule has 0 atom stereocenters. The first kappa shape index (κ1) is 20.0. The number of hydrogen-bond donors (Lipinski definition) is 0. The minimum Gasteiger partial charge on any atom is -0.437 e. The second-order valence-electron chi connectivity index (χ2n) is 7.65. The Morgan fingerprint density at radius 3 is 1.70 bits per heavy atom. The lowest BCUT2D eigenvalue weighted by Crippen LogP contribution is -2.52. The first-order valence-electron chi connectivity index (χ1n) is 7.40. The van der Waals surface area contributed by atoms with Gasteiger partial charge in [0.1, 0.15) is 0 Å². The molecular formula is C13H34N2O2Si3. The van der Waals surface area contributed by atoms with Gasteiger partial charge in [-0.1, -0.05) is 0 Å². The minimum absolute atomic E-state index is 0.852. The van der Waals surface area contributed by atoms with Crippen LogP contribution in [0.25, 0.3) is 0 Å². The van der Waals surface area contributed by atoms with Crippen LogP contribution < -0.4 is 0 Å². The molecular weight excluding hydrogens is 300 g/mol. The molecule has 0 saturated heterocycles. The van der Waals surface area contributed by atoms with E-state index in [0.717, 1.165) is 19.0 Å². The van der Waals surface area contributed by atoms with E-state index in [1.54, 1.807) is 0 Å². The maximum Gasteiger partial charge on any atom is 0.314 e. The fourth-order valence-electron chi connectivity index (χ4n) is 2.13. The average Bonchev–Trinajstić information content (AvgIpc) is 2.09. The summed E-state index contributed by atoms with van der Waals surface area (Å²) in [6.45, 7) is 16.6. The van der Waals surface area contributed by atoms with Crippen molar-refractivity contribution in [1.29, 1.82) is 0 Å². The van der Waals surface area contributed by atoms with Crippen LogP contribution in [-0.4, -0.2) is 57.1 Å². The van der Waals surface area contributed by atoms with Crippen LogP contribution in [0.1, 0.15) is 6.42 Å². The first-order chi connectivity index (χ1) is 8.83. The van der Waals surface area contributed by atoms with E-state index in [0.29, 0.717) is 0 Å². The molecule has 0 bridgehead atoms. The molecule has 0 aromatic carbocycles. The van der Waals surface area contributed by atoms with Gasteiger partial charge in [0.2, 0.25) is 0 Å². The number of rotatable bonds is 9. The third kappa shape index (κ3) is 11.8. The maximum absolute atomic E-state index is 6.46. The zero-order valence-corrected chi connectivity index (χ0v) is 17.9. The fraction of sp³-hybridized carbons (Fsp3) is 0.923. The highest BCUT2D eigenvalue weighted by Crippen LogP contribution is 2.25. The van der Waals surface area contributed by atoms with Gasteiger partial charge in [0, 0.05) is 20.6 Å². The maximum atomic E-state index is 6.46. The molecule has 0 rings (SSSR count). The molecule has 0 fully saturated rings. The van der Waals surface area contributed by atoms with Crippen LogP contribution in [0.15, 0.2) is 4.99 Å². The summed E-state index contributed by atoms with van der Waals surface area (Å²) in [6.07, 6.45) is 2.92. The highest BCUT2D eigenvalue weighted by molar-refractivity contribution is 6.87. The van der Waals surface area contributed by atoms with E-state index in [1.807, 2.05) is 25.3 Å². The molecule has 20 heavy (non-hydrogen) atoms. The molecule has 0 aliphatic rings. The molecule has 0 saturated carbocycles. The molecule has 0 radical (unpaired) electrons. The van der Waals surface area contributed by atoms with Gasteiger partial charge in [-0.2, -0.15) is 0 Å². The Morgan fingerprint density at radius 2 is 1.35 bits per heavy atom. The van der Waals surface area contributed by atoms with E-state index >= 15 is 0 Å².